The van der Waals surface area contributed by atoms with Crippen molar-refractivity contribution in [3.8, 4) is 11.6 Å². The van der Waals surface area contributed by atoms with Gasteiger partial charge in [-0.2, -0.15) is 4.98 Å². The van der Waals surface area contributed by atoms with Crippen molar-refractivity contribution in [2.24, 2.45) is 0 Å². The third-order valence-electron chi connectivity index (χ3n) is 5.83. The summed E-state index contributed by atoms with van der Waals surface area (Å²) in [6.45, 7) is 3.43. The maximum absolute atomic E-state index is 11.9. The Kier molecular flexibility index (Phi) is 6.83. The van der Waals surface area contributed by atoms with Crippen molar-refractivity contribution < 1.29 is 9.66 Å². The molecule has 35 heavy (non-hydrogen) atoms. The van der Waals surface area contributed by atoms with E-state index in [1.54, 1.807) is 12.3 Å². The SMILES string of the molecule is COc1cc(N(C)CCN(C)C)c([N+](=O)[O-])cc1Nc1nccc(-n2cc(C)c3ccccc32)n1. The maximum Gasteiger partial charge on any atom is 0.294 e. The first-order valence-corrected chi connectivity index (χ1v) is 11.2. The number of aryl methyl sites for hydroxylation is 1. The van der Waals surface area contributed by atoms with Crippen LogP contribution in [0, 0.1) is 17.0 Å². The molecule has 0 saturated heterocycles. The molecule has 0 aliphatic rings. The average Bonchev–Trinajstić information content (AvgIpc) is 3.19. The number of likely N-dealkylation sites (N-methyl/N-ethyl adjacent to an activating group) is 2. The van der Waals surface area contributed by atoms with Crippen LogP contribution in [0.1, 0.15) is 5.56 Å². The lowest BCUT2D eigenvalue weighted by Gasteiger charge is -2.22. The van der Waals surface area contributed by atoms with Gasteiger partial charge in [-0.15, -0.1) is 0 Å². The van der Waals surface area contributed by atoms with Crippen LogP contribution in [0.4, 0.5) is 23.0 Å². The summed E-state index contributed by atoms with van der Waals surface area (Å²) in [5.74, 6) is 1.44. The molecule has 0 aliphatic carbocycles. The van der Waals surface area contributed by atoms with Crippen LogP contribution in [0.3, 0.4) is 0 Å². The minimum Gasteiger partial charge on any atom is -0.494 e. The fourth-order valence-corrected chi connectivity index (χ4v) is 3.95. The number of hydrogen-bond donors (Lipinski definition) is 1. The lowest BCUT2D eigenvalue weighted by Crippen LogP contribution is -2.28. The Balaban J connectivity index is 1.70. The Morgan fingerprint density at radius 2 is 1.91 bits per heavy atom. The van der Waals surface area contributed by atoms with Gasteiger partial charge in [-0.25, -0.2) is 4.98 Å². The van der Waals surface area contributed by atoms with Gasteiger partial charge in [-0.3, -0.25) is 10.1 Å². The standard InChI is InChI=1S/C25H29N7O3/c1-17-16-31(20-9-7-6-8-18(17)20)24-10-11-26-25(28-24)27-19-14-22(32(33)34)21(15-23(19)35-5)30(4)13-12-29(2)3/h6-11,14-16H,12-13H2,1-5H3,(H,26,27,28). The van der Waals surface area contributed by atoms with E-state index in [2.05, 4.69) is 28.3 Å². The van der Waals surface area contributed by atoms with E-state index in [9.17, 15) is 10.1 Å². The van der Waals surface area contributed by atoms with Gasteiger partial charge in [0.25, 0.3) is 5.69 Å². The molecule has 0 fully saturated rings. The Morgan fingerprint density at radius 1 is 1.14 bits per heavy atom. The fraction of sp³-hybridized carbons (Fsp3) is 0.280. The summed E-state index contributed by atoms with van der Waals surface area (Å²) in [5.41, 5.74) is 3.03. The highest BCUT2D eigenvalue weighted by Gasteiger charge is 2.22. The first-order valence-electron chi connectivity index (χ1n) is 11.2. The van der Waals surface area contributed by atoms with Crippen molar-refractivity contribution in [1.82, 2.24) is 19.4 Å². The number of methoxy groups -OCH3 is 1. The molecule has 4 aromatic rings. The van der Waals surface area contributed by atoms with E-state index in [0.717, 1.165) is 23.0 Å². The number of anilines is 3. The average molecular weight is 476 g/mol. The molecular formula is C25H29N7O3. The molecule has 0 saturated carbocycles. The molecule has 182 valence electrons. The number of benzene rings is 2. The van der Waals surface area contributed by atoms with E-state index in [0.29, 0.717) is 35.4 Å². The van der Waals surface area contributed by atoms with Crippen molar-refractivity contribution in [3.05, 3.63) is 70.5 Å². The molecule has 4 rings (SSSR count). The topological polar surface area (TPSA) is 102 Å². The lowest BCUT2D eigenvalue weighted by atomic mass is 10.2. The first kappa shape index (κ1) is 24.0. The normalized spacial score (nSPS) is 11.1. The molecule has 0 unspecified atom stereocenters. The number of rotatable bonds is 9. The molecule has 0 radical (unpaired) electrons. The molecule has 2 aromatic heterocycles. The molecular weight excluding hydrogens is 446 g/mol. The molecule has 10 heteroatoms. The van der Waals surface area contributed by atoms with Crippen molar-refractivity contribution >= 4 is 33.9 Å². The Labute approximate surface area is 203 Å². The van der Waals surface area contributed by atoms with E-state index in [1.165, 1.54) is 13.2 Å². The van der Waals surface area contributed by atoms with Crippen LogP contribution in [-0.4, -0.2) is 65.7 Å². The smallest absolute Gasteiger partial charge is 0.294 e. The Morgan fingerprint density at radius 3 is 2.63 bits per heavy atom. The zero-order chi connectivity index (χ0) is 25.1. The highest BCUT2D eigenvalue weighted by Crippen LogP contribution is 2.39. The van der Waals surface area contributed by atoms with Crippen molar-refractivity contribution in [1.29, 1.82) is 0 Å². The van der Waals surface area contributed by atoms with Gasteiger partial charge in [-0.05, 0) is 38.7 Å². The lowest BCUT2D eigenvalue weighted by molar-refractivity contribution is -0.384. The highest BCUT2D eigenvalue weighted by atomic mass is 16.6. The molecule has 10 nitrogen and oxygen atoms in total. The molecule has 0 aliphatic heterocycles. The number of ether oxygens (including phenoxy) is 1. The van der Waals surface area contributed by atoms with Crippen molar-refractivity contribution in [2.45, 2.75) is 6.92 Å². The molecule has 0 atom stereocenters. The van der Waals surface area contributed by atoms with Crippen LogP contribution in [0.5, 0.6) is 5.75 Å². The molecule has 2 heterocycles. The summed E-state index contributed by atoms with van der Waals surface area (Å²) >= 11 is 0. The summed E-state index contributed by atoms with van der Waals surface area (Å²) < 4.78 is 7.56. The minimum absolute atomic E-state index is 0.0299. The van der Waals surface area contributed by atoms with Gasteiger partial charge in [0.1, 0.15) is 17.3 Å². The predicted octanol–water partition coefficient (Wildman–Crippen LogP) is 4.39. The summed E-state index contributed by atoms with van der Waals surface area (Å²) in [6.07, 6.45) is 3.68. The predicted molar refractivity (Wildman–Crippen MR) is 138 cm³/mol. The largest absolute Gasteiger partial charge is 0.494 e. The van der Waals surface area contributed by atoms with Crippen molar-refractivity contribution in [3.63, 3.8) is 0 Å². The number of nitrogens with zero attached hydrogens (tertiary/aromatic N) is 6. The third-order valence-corrected chi connectivity index (χ3v) is 5.83. The minimum atomic E-state index is -0.391. The van der Waals surface area contributed by atoms with E-state index in [1.807, 2.05) is 66.0 Å². The van der Waals surface area contributed by atoms with Crippen LogP contribution in [0.15, 0.2) is 54.9 Å². The molecule has 0 bridgehead atoms. The molecule has 1 N–H and O–H groups in total. The second-order valence-electron chi connectivity index (χ2n) is 8.59. The summed E-state index contributed by atoms with van der Waals surface area (Å²) in [4.78, 5) is 24.4. The number of hydrogen-bond acceptors (Lipinski definition) is 8. The van der Waals surface area contributed by atoms with Crippen LogP contribution < -0.4 is 15.0 Å². The van der Waals surface area contributed by atoms with E-state index in [-0.39, 0.29) is 5.69 Å². The second kappa shape index (κ2) is 9.98. The van der Waals surface area contributed by atoms with Crippen LogP contribution in [0.25, 0.3) is 16.7 Å². The monoisotopic (exact) mass is 475 g/mol. The molecule has 0 amide bonds. The second-order valence-corrected chi connectivity index (χ2v) is 8.59. The van der Waals surface area contributed by atoms with Crippen LogP contribution >= 0.6 is 0 Å². The van der Waals surface area contributed by atoms with Crippen molar-refractivity contribution in [2.75, 3.05) is 51.6 Å². The van der Waals surface area contributed by atoms with E-state index < -0.39 is 4.92 Å². The Hall–Kier alpha value is -4.18. The van der Waals surface area contributed by atoms with E-state index >= 15 is 0 Å². The zero-order valence-electron chi connectivity index (χ0n) is 20.5. The van der Waals surface area contributed by atoms with Gasteiger partial charge in [0, 0.05) is 50.0 Å². The van der Waals surface area contributed by atoms with Crippen LogP contribution in [-0.2, 0) is 0 Å². The summed E-state index contributed by atoms with van der Waals surface area (Å²) in [6, 6.07) is 13.1. The molecule has 0 spiro atoms. The fourth-order valence-electron chi connectivity index (χ4n) is 3.95. The van der Waals surface area contributed by atoms with Crippen LogP contribution in [0.2, 0.25) is 0 Å². The third kappa shape index (κ3) is 5.02. The number of para-hydroxylation sites is 1. The number of fused-ring (bicyclic) bond motifs is 1. The zero-order valence-corrected chi connectivity index (χ0v) is 20.5. The van der Waals surface area contributed by atoms with Gasteiger partial charge in [0.05, 0.1) is 23.2 Å². The van der Waals surface area contributed by atoms with Gasteiger partial charge in [0.2, 0.25) is 5.95 Å². The maximum atomic E-state index is 11.9. The number of nitro groups is 1. The summed E-state index contributed by atoms with van der Waals surface area (Å²) in [7, 11) is 7.28. The first-order chi connectivity index (χ1) is 16.8. The number of nitrogens with one attached hydrogen (secondary N) is 1. The van der Waals surface area contributed by atoms with Gasteiger partial charge >= 0.3 is 0 Å². The highest BCUT2D eigenvalue weighted by molar-refractivity contribution is 5.85. The number of nitro benzene ring substituents is 1. The van der Waals surface area contributed by atoms with Gasteiger partial charge in [0.15, 0.2) is 0 Å². The quantitative estimate of drug-likeness (QED) is 0.281. The molecule has 2 aromatic carbocycles. The number of aromatic nitrogens is 3. The van der Waals surface area contributed by atoms with E-state index in [4.69, 9.17) is 4.74 Å². The van der Waals surface area contributed by atoms with Gasteiger partial charge < -0.3 is 24.4 Å². The summed E-state index contributed by atoms with van der Waals surface area (Å²) in [5, 5.41) is 16.2. The van der Waals surface area contributed by atoms with Gasteiger partial charge in [-0.1, -0.05) is 18.2 Å². The Bertz CT molecular complexity index is 1370.